The van der Waals surface area contributed by atoms with Crippen LogP contribution in [0.25, 0.3) is 11.0 Å². The third-order valence-electron chi connectivity index (χ3n) is 1.95. The molecule has 4 heteroatoms. The van der Waals surface area contributed by atoms with Crippen LogP contribution in [0.2, 0.25) is 0 Å². The van der Waals surface area contributed by atoms with Gasteiger partial charge in [0.2, 0.25) is 5.95 Å². The number of aryl methyl sites for hydroxylation is 1. The number of hydrogen-bond donors (Lipinski definition) is 1. The first-order chi connectivity index (χ1) is 6.33. The van der Waals surface area contributed by atoms with Crippen molar-refractivity contribution >= 4 is 17.0 Å². The zero-order valence-electron chi connectivity index (χ0n) is 7.15. The van der Waals surface area contributed by atoms with E-state index in [-0.39, 0.29) is 1.43 Å². The molecule has 0 saturated carbocycles. The Morgan fingerprint density at radius 2 is 2.31 bits per heavy atom. The fraction of sp³-hybridized carbons (Fsp3) is 0.111. The van der Waals surface area contributed by atoms with E-state index in [1.54, 1.807) is 0 Å². The standard InChI is InChI=1S/C9H8N4.H2/c1-13-8-5-3-2-4-7(8)12-9(13)11-6-10;/h2-5H,1H3,(H,11,12);1H. The molecular weight excluding hydrogens is 164 g/mol. The van der Waals surface area contributed by atoms with Gasteiger partial charge in [0.15, 0.2) is 6.19 Å². The Labute approximate surface area is 76.9 Å². The van der Waals surface area contributed by atoms with E-state index in [9.17, 15) is 0 Å². The summed E-state index contributed by atoms with van der Waals surface area (Å²) in [6.07, 6.45) is 1.85. The molecule has 1 N–H and O–H groups in total. The first kappa shape index (κ1) is 7.62. The fourth-order valence-electron chi connectivity index (χ4n) is 1.31. The van der Waals surface area contributed by atoms with Crippen LogP contribution < -0.4 is 5.32 Å². The van der Waals surface area contributed by atoms with Gasteiger partial charge in [-0.05, 0) is 12.1 Å². The Morgan fingerprint density at radius 1 is 1.54 bits per heavy atom. The van der Waals surface area contributed by atoms with Crippen LogP contribution in [0.5, 0.6) is 0 Å². The van der Waals surface area contributed by atoms with Crippen LogP contribution >= 0.6 is 0 Å². The van der Waals surface area contributed by atoms with Gasteiger partial charge in [-0.1, -0.05) is 12.1 Å². The highest BCUT2D eigenvalue weighted by Gasteiger charge is 2.04. The Morgan fingerprint density at radius 3 is 3.00 bits per heavy atom. The summed E-state index contributed by atoms with van der Waals surface area (Å²) in [5.41, 5.74) is 1.91. The number of nitrogens with one attached hydrogen (secondary N) is 1. The molecule has 0 amide bonds. The average Bonchev–Trinajstić information content (AvgIpc) is 2.46. The zero-order valence-corrected chi connectivity index (χ0v) is 7.15. The molecule has 1 heterocycles. The van der Waals surface area contributed by atoms with Gasteiger partial charge in [0.05, 0.1) is 11.0 Å². The van der Waals surface area contributed by atoms with Gasteiger partial charge >= 0.3 is 0 Å². The second kappa shape index (κ2) is 2.79. The Bertz CT molecular complexity index is 483. The lowest BCUT2D eigenvalue weighted by Crippen LogP contribution is -1.97. The first-order valence-corrected chi connectivity index (χ1v) is 3.89. The topological polar surface area (TPSA) is 53.6 Å². The van der Waals surface area contributed by atoms with E-state index in [0.717, 1.165) is 11.0 Å². The number of aromatic nitrogens is 2. The number of rotatable bonds is 1. The van der Waals surface area contributed by atoms with Gasteiger partial charge in [0.1, 0.15) is 0 Å². The lowest BCUT2D eigenvalue weighted by Gasteiger charge is -1.96. The molecule has 0 unspecified atom stereocenters. The molecule has 0 fully saturated rings. The molecule has 0 aliphatic carbocycles. The molecule has 1 aromatic carbocycles. The van der Waals surface area contributed by atoms with Crippen molar-refractivity contribution in [1.29, 1.82) is 5.26 Å². The number of nitriles is 1. The van der Waals surface area contributed by atoms with Crippen molar-refractivity contribution in [2.24, 2.45) is 7.05 Å². The quantitative estimate of drug-likeness (QED) is 0.529. The van der Waals surface area contributed by atoms with E-state index >= 15 is 0 Å². The molecule has 0 radical (unpaired) electrons. The molecule has 4 nitrogen and oxygen atoms in total. The highest BCUT2D eigenvalue weighted by molar-refractivity contribution is 5.78. The summed E-state index contributed by atoms with van der Waals surface area (Å²) in [6, 6.07) is 7.74. The predicted octanol–water partition coefficient (Wildman–Crippen LogP) is 1.71. The minimum Gasteiger partial charge on any atom is -0.313 e. The third kappa shape index (κ3) is 1.11. The second-order valence-electron chi connectivity index (χ2n) is 2.72. The van der Waals surface area contributed by atoms with Crippen molar-refractivity contribution in [1.82, 2.24) is 9.55 Å². The second-order valence-corrected chi connectivity index (χ2v) is 2.72. The molecule has 0 spiro atoms. The van der Waals surface area contributed by atoms with Gasteiger partial charge in [-0.2, -0.15) is 5.26 Å². The average molecular weight is 174 g/mol. The van der Waals surface area contributed by atoms with E-state index in [4.69, 9.17) is 5.26 Å². The first-order valence-electron chi connectivity index (χ1n) is 3.89. The van der Waals surface area contributed by atoms with Crippen molar-refractivity contribution in [3.05, 3.63) is 24.3 Å². The SMILES string of the molecule is Cn1c(NC#N)nc2ccccc21.[HH]. The van der Waals surface area contributed by atoms with Gasteiger partial charge in [-0.15, -0.1) is 0 Å². The monoisotopic (exact) mass is 174 g/mol. The summed E-state index contributed by atoms with van der Waals surface area (Å²) in [7, 11) is 1.87. The van der Waals surface area contributed by atoms with Crippen molar-refractivity contribution in [2.45, 2.75) is 0 Å². The summed E-state index contributed by atoms with van der Waals surface area (Å²) >= 11 is 0. The summed E-state index contributed by atoms with van der Waals surface area (Å²) in [4.78, 5) is 4.23. The molecule has 2 rings (SSSR count). The molecule has 0 saturated heterocycles. The number of fused-ring (bicyclic) bond motifs is 1. The minimum atomic E-state index is 0. The van der Waals surface area contributed by atoms with Gasteiger partial charge < -0.3 is 4.57 Å². The Hall–Kier alpha value is -2.02. The number of anilines is 1. The van der Waals surface area contributed by atoms with Crippen molar-refractivity contribution < 1.29 is 1.43 Å². The van der Waals surface area contributed by atoms with Crippen molar-refractivity contribution in [2.75, 3.05) is 5.32 Å². The summed E-state index contributed by atoms with van der Waals surface area (Å²) in [5.74, 6) is 0.573. The third-order valence-corrected chi connectivity index (χ3v) is 1.95. The molecule has 66 valence electrons. The van der Waals surface area contributed by atoms with Gasteiger partial charge in [0, 0.05) is 8.47 Å². The smallest absolute Gasteiger partial charge is 0.217 e. The maximum Gasteiger partial charge on any atom is 0.217 e. The predicted molar refractivity (Wildman–Crippen MR) is 52.1 cm³/mol. The molecule has 13 heavy (non-hydrogen) atoms. The van der Waals surface area contributed by atoms with Crippen LogP contribution in [-0.2, 0) is 7.05 Å². The lowest BCUT2D eigenvalue weighted by molar-refractivity contribution is 0.958. The fourth-order valence-corrected chi connectivity index (χ4v) is 1.31. The van der Waals surface area contributed by atoms with Crippen molar-refractivity contribution in [3.8, 4) is 6.19 Å². The Kier molecular flexibility index (Phi) is 1.64. The molecule has 2 aromatic rings. The normalized spacial score (nSPS) is 9.85. The van der Waals surface area contributed by atoms with Crippen LogP contribution in [0.4, 0.5) is 5.95 Å². The molecule has 1 aromatic heterocycles. The molecule has 0 atom stereocenters. The number of imidazole rings is 1. The lowest BCUT2D eigenvalue weighted by atomic mass is 10.3. The molecule has 0 bridgehead atoms. The number of nitrogens with zero attached hydrogens (tertiary/aromatic N) is 3. The maximum absolute atomic E-state index is 8.45. The van der Waals surface area contributed by atoms with E-state index in [2.05, 4.69) is 10.3 Å². The summed E-state index contributed by atoms with van der Waals surface area (Å²) in [6.45, 7) is 0. The zero-order chi connectivity index (χ0) is 9.26. The van der Waals surface area contributed by atoms with Crippen LogP contribution in [0.1, 0.15) is 1.43 Å². The van der Waals surface area contributed by atoms with Crippen molar-refractivity contribution in [3.63, 3.8) is 0 Å². The summed E-state index contributed by atoms with van der Waals surface area (Å²) < 4.78 is 1.85. The van der Waals surface area contributed by atoms with E-state index in [1.807, 2.05) is 42.1 Å². The van der Waals surface area contributed by atoms with E-state index in [1.165, 1.54) is 0 Å². The van der Waals surface area contributed by atoms with Gasteiger partial charge in [-0.3, -0.25) is 5.32 Å². The van der Waals surface area contributed by atoms with Gasteiger partial charge in [0.25, 0.3) is 0 Å². The van der Waals surface area contributed by atoms with Crippen LogP contribution in [0.3, 0.4) is 0 Å². The number of para-hydroxylation sites is 2. The van der Waals surface area contributed by atoms with Gasteiger partial charge in [-0.25, -0.2) is 4.98 Å². The molecule has 0 aliphatic heterocycles. The Balaban J connectivity index is 0.000000980. The number of hydrogen-bond acceptors (Lipinski definition) is 3. The van der Waals surface area contributed by atoms with Crippen LogP contribution in [-0.4, -0.2) is 9.55 Å². The molecule has 0 aliphatic rings. The highest BCUT2D eigenvalue weighted by atomic mass is 15.2. The highest BCUT2D eigenvalue weighted by Crippen LogP contribution is 2.16. The minimum absolute atomic E-state index is 0. The van der Waals surface area contributed by atoms with Crippen LogP contribution in [0.15, 0.2) is 24.3 Å². The number of benzene rings is 1. The maximum atomic E-state index is 8.45. The van der Waals surface area contributed by atoms with Crippen LogP contribution in [0, 0.1) is 11.5 Å². The molecular formula is C9H10N4. The largest absolute Gasteiger partial charge is 0.313 e. The summed E-state index contributed by atoms with van der Waals surface area (Å²) in [5, 5.41) is 11.0. The van der Waals surface area contributed by atoms with E-state index < -0.39 is 0 Å². The van der Waals surface area contributed by atoms with E-state index in [0.29, 0.717) is 5.95 Å².